The van der Waals surface area contributed by atoms with Crippen molar-refractivity contribution in [3.8, 4) is 11.5 Å². The molecule has 1 unspecified atom stereocenters. The van der Waals surface area contributed by atoms with Gasteiger partial charge in [0.2, 0.25) is 5.91 Å². The van der Waals surface area contributed by atoms with Gasteiger partial charge in [-0.05, 0) is 29.1 Å². The van der Waals surface area contributed by atoms with Crippen molar-refractivity contribution >= 4 is 22.6 Å². The molecule has 0 aliphatic carbocycles. The molecule has 3 aromatic rings. The average molecular weight is 349 g/mol. The minimum Gasteiger partial charge on any atom is -0.508 e. The maximum atomic E-state index is 12.7. The quantitative estimate of drug-likeness (QED) is 0.548. The Morgan fingerprint density at radius 1 is 1.00 bits per heavy atom. The van der Waals surface area contributed by atoms with E-state index in [0.29, 0.717) is 5.75 Å². The van der Waals surface area contributed by atoms with Crippen molar-refractivity contribution in [2.45, 2.75) is 19.4 Å². The van der Waals surface area contributed by atoms with Crippen LogP contribution in [0, 0.1) is 0 Å². The van der Waals surface area contributed by atoms with E-state index in [1.54, 1.807) is 18.2 Å². The molecule has 0 aliphatic rings. The Kier molecular flexibility index (Phi) is 5.17. The van der Waals surface area contributed by atoms with Crippen LogP contribution in [0.1, 0.15) is 12.5 Å². The van der Waals surface area contributed by atoms with Gasteiger partial charge in [0.25, 0.3) is 0 Å². The van der Waals surface area contributed by atoms with Gasteiger partial charge in [0, 0.05) is 18.7 Å². The predicted octanol–water partition coefficient (Wildman–Crippen LogP) is 3.20. The number of carbonyl (C=O) groups excluding carboxylic acids is 2. The van der Waals surface area contributed by atoms with E-state index in [0.717, 1.165) is 16.3 Å². The fraction of sp³-hybridized carbons (Fsp3) is 0.143. The van der Waals surface area contributed by atoms with Crippen LogP contribution in [-0.2, 0) is 16.0 Å². The molecule has 132 valence electrons. The highest BCUT2D eigenvalue weighted by molar-refractivity contribution is 5.92. The summed E-state index contributed by atoms with van der Waals surface area (Å²) in [7, 11) is 0. The van der Waals surface area contributed by atoms with Crippen molar-refractivity contribution in [3.05, 3.63) is 72.3 Å². The standard InChI is InChI=1S/C21H19NO4/c1-14(23)22-19(13-15-9-11-17(24)12-10-15)21(25)26-20-8-4-6-16-5-2-3-7-18(16)20/h2-12,19,24H,13H2,1H3,(H,22,23). The van der Waals surface area contributed by atoms with Crippen molar-refractivity contribution in [1.82, 2.24) is 5.32 Å². The molecular formula is C21H19NO4. The number of aromatic hydroxyl groups is 1. The maximum Gasteiger partial charge on any atom is 0.334 e. The second-order valence-electron chi connectivity index (χ2n) is 6.02. The van der Waals surface area contributed by atoms with Crippen LogP contribution in [0.15, 0.2) is 66.7 Å². The summed E-state index contributed by atoms with van der Waals surface area (Å²) >= 11 is 0. The zero-order chi connectivity index (χ0) is 18.5. The van der Waals surface area contributed by atoms with Crippen LogP contribution in [0.25, 0.3) is 10.8 Å². The monoisotopic (exact) mass is 349 g/mol. The molecule has 0 fully saturated rings. The normalized spacial score (nSPS) is 11.7. The summed E-state index contributed by atoms with van der Waals surface area (Å²) in [6.07, 6.45) is 0.267. The first-order valence-electron chi connectivity index (χ1n) is 8.27. The highest BCUT2D eigenvalue weighted by atomic mass is 16.5. The van der Waals surface area contributed by atoms with Crippen molar-refractivity contribution < 1.29 is 19.4 Å². The molecular weight excluding hydrogens is 330 g/mol. The molecule has 5 nitrogen and oxygen atoms in total. The van der Waals surface area contributed by atoms with Gasteiger partial charge >= 0.3 is 5.97 Å². The Bertz CT molecular complexity index is 929. The lowest BCUT2D eigenvalue weighted by Gasteiger charge is -2.17. The molecule has 0 saturated carbocycles. The van der Waals surface area contributed by atoms with E-state index in [-0.39, 0.29) is 18.1 Å². The number of carbonyl (C=O) groups is 2. The molecule has 3 rings (SSSR count). The molecule has 0 spiro atoms. The van der Waals surface area contributed by atoms with E-state index in [1.165, 1.54) is 19.1 Å². The number of fused-ring (bicyclic) bond motifs is 1. The van der Waals surface area contributed by atoms with Crippen molar-refractivity contribution in [3.63, 3.8) is 0 Å². The van der Waals surface area contributed by atoms with Gasteiger partial charge < -0.3 is 15.2 Å². The molecule has 5 heteroatoms. The van der Waals surface area contributed by atoms with Gasteiger partial charge in [-0.2, -0.15) is 0 Å². The smallest absolute Gasteiger partial charge is 0.334 e. The fourth-order valence-corrected chi connectivity index (χ4v) is 2.77. The SMILES string of the molecule is CC(=O)NC(Cc1ccc(O)cc1)C(=O)Oc1cccc2ccccc12. The number of ether oxygens (including phenoxy) is 1. The predicted molar refractivity (Wildman–Crippen MR) is 99.0 cm³/mol. The van der Waals surface area contributed by atoms with Gasteiger partial charge in [0.1, 0.15) is 17.5 Å². The Hall–Kier alpha value is -3.34. The van der Waals surface area contributed by atoms with E-state index in [1.807, 2.05) is 36.4 Å². The number of hydrogen-bond acceptors (Lipinski definition) is 4. The molecule has 0 aromatic heterocycles. The summed E-state index contributed by atoms with van der Waals surface area (Å²) in [4.78, 5) is 24.2. The molecule has 1 amide bonds. The van der Waals surface area contributed by atoms with Gasteiger partial charge in [-0.25, -0.2) is 4.79 Å². The molecule has 1 atom stereocenters. The van der Waals surface area contributed by atoms with Gasteiger partial charge in [0.05, 0.1) is 0 Å². The Labute approximate surface area is 151 Å². The fourth-order valence-electron chi connectivity index (χ4n) is 2.77. The van der Waals surface area contributed by atoms with Crippen LogP contribution in [0.5, 0.6) is 11.5 Å². The summed E-state index contributed by atoms with van der Waals surface area (Å²) in [5.41, 5.74) is 0.802. The minimum absolute atomic E-state index is 0.142. The third-order valence-corrected chi connectivity index (χ3v) is 4.00. The molecule has 26 heavy (non-hydrogen) atoms. The molecule has 0 heterocycles. The number of benzene rings is 3. The van der Waals surface area contributed by atoms with E-state index in [9.17, 15) is 14.7 Å². The summed E-state index contributed by atoms with van der Waals surface area (Å²) < 4.78 is 5.58. The third kappa shape index (κ3) is 4.19. The van der Waals surface area contributed by atoms with Crippen LogP contribution in [0.2, 0.25) is 0 Å². The number of amides is 1. The Balaban J connectivity index is 1.82. The van der Waals surface area contributed by atoms with E-state index in [2.05, 4.69) is 5.32 Å². The van der Waals surface area contributed by atoms with Crippen molar-refractivity contribution in [2.24, 2.45) is 0 Å². The number of phenolic OH excluding ortho intramolecular Hbond substituents is 1. The van der Waals surface area contributed by atoms with E-state index in [4.69, 9.17) is 4.74 Å². The molecule has 0 aliphatic heterocycles. The van der Waals surface area contributed by atoms with Crippen molar-refractivity contribution in [2.75, 3.05) is 0 Å². The minimum atomic E-state index is -0.823. The van der Waals surface area contributed by atoms with Gasteiger partial charge in [-0.3, -0.25) is 4.79 Å². The zero-order valence-corrected chi connectivity index (χ0v) is 14.3. The topological polar surface area (TPSA) is 75.6 Å². The molecule has 0 bridgehead atoms. The summed E-state index contributed by atoms with van der Waals surface area (Å²) in [5.74, 6) is -0.259. The third-order valence-electron chi connectivity index (χ3n) is 4.00. The first kappa shape index (κ1) is 17.5. The summed E-state index contributed by atoms with van der Waals surface area (Å²) in [5, 5.41) is 13.8. The lowest BCUT2D eigenvalue weighted by Crippen LogP contribution is -2.43. The van der Waals surface area contributed by atoms with E-state index < -0.39 is 12.0 Å². The average Bonchev–Trinajstić information content (AvgIpc) is 2.63. The number of phenols is 1. The Morgan fingerprint density at radius 2 is 1.69 bits per heavy atom. The summed E-state index contributed by atoms with van der Waals surface area (Å²) in [6, 6.07) is 18.8. The first-order chi connectivity index (χ1) is 12.5. The number of rotatable bonds is 5. The van der Waals surface area contributed by atoms with Gasteiger partial charge in [-0.15, -0.1) is 0 Å². The second kappa shape index (κ2) is 7.70. The molecule has 0 radical (unpaired) electrons. The summed E-state index contributed by atoms with van der Waals surface area (Å²) in [6.45, 7) is 1.36. The van der Waals surface area contributed by atoms with Crippen LogP contribution in [-0.4, -0.2) is 23.0 Å². The lowest BCUT2D eigenvalue weighted by molar-refractivity contribution is -0.138. The first-order valence-corrected chi connectivity index (χ1v) is 8.27. The largest absolute Gasteiger partial charge is 0.508 e. The van der Waals surface area contributed by atoms with Crippen molar-refractivity contribution in [1.29, 1.82) is 0 Å². The lowest BCUT2D eigenvalue weighted by atomic mass is 10.1. The Morgan fingerprint density at radius 3 is 2.42 bits per heavy atom. The van der Waals surface area contributed by atoms with Gasteiger partial charge in [0.15, 0.2) is 0 Å². The molecule has 2 N–H and O–H groups in total. The van der Waals surface area contributed by atoms with Crippen LogP contribution < -0.4 is 10.1 Å². The van der Waals surface area contributed by atoms with E-state index >= 15 is 0 Å². The van der Waals surface area contributed by atoms with Gasteiger partial charge in [-0.1, -0.05) is 48.5 Å². The highest BCUT2D eigenvalue weighted by Gasteiger charge is 2.23. The number of hydrogen-bond donors (Lipinski definition) is 2. The maximum absolute atomic E-state index is 12.7. The highest BCUT2D eigenvalue weighted by Crippen LogP contribution is 2.25. The number of nitrogens with one attached hydrogen (secondary N) is 1. The second-order valence-corrected chi connectivity index (χ2v) is 6.02. The zero-order valence-electron chi connectivity index (χ0n) is 14.3. The van der Waals surface area contributed by atoms with Crippen LogP contribution in [0.4, 0.5) is 0 Å². The molecule has 3 aromatic carbocycles. The van der Waals surface area contributed by atoms with Crippen LogP contribution in [0.3, 0.4) is 0 Å². The molecule has 0 saturated heterocycles. The van der Waals surface area contributed by atoms with Crippen LogP contribution >= 0.6 is 0 Å². The number of esters is 1.